The number of carboxylic acid groups (broad SMARTS) is 1. The second-order valence-corrected chi connectivity index (χ2v) is 3.90. The largest absolute Gasteiger partial charge is 0.550 e. The maximum atomic E-state index is 10.5. The lowest BCUT2D eigenvalue weighted by atomic mass is 9.99. The van der Waals surface area contributed by atoms with Gasteiger partial charge >= 0.3 is 0 Å². The third kappa shape index (κ3) is 2.28. The number of carbonyl (C=O) groups excluding carboxylic acids is 1. The summed E-state index contributed by atoms with van der Waals surface area (Å²) in [5.41, 5.74) is 0. The lowest BCUT2D eigenvalue weighted by molar-refractivity contribution is -0.312. The van der Waals surface area contributed by atoms with E-state index in [0.717, 1.165) is 13.0 Å². The van der Waals surface area contributed by atoms with Gasteiger partial charge in [-0.1, -0.05) is 4.32 Å². The quantitative estimate of drug-likeness (QED) is 0.416. The Morgan fingerprint density at radius 3 is 2.83 bits per heavy atom. The molecule has 0 aromatic rings. The van der Waals surface area contributed by atoms with Crippen LogP contribution in [-0.4, -0.2) is 28.3 Å². The van der Waals surface area contributed by atoms with E-state index in [9.17, 15) is 9.90 Å². The predicted molar refractivity (Wildman–Crippen MR) is 49.3 cm³/mol. The molecule has 0 aliphatic carbocycles. The highest BCUT2D eigenvalue weighted by Gasteiger charge is 2.18. The van der Waals surface area contributed by atoms with Gasteiger partial charge in [-0.25, -0.2) is 0 Å². The van der Waals surface area contributed by atoms with Crippen molar-refractivity contribution in [1.82, 2.24) is 4.90 Å². The first-order valence-electron chi connectivity index (χ1n) is 3.78. The van der Waals surface area contributed by atoms with Crippen molar-refractivity contribution in [3.05, 3.63) is 0 Å². The highest BCUT2D eigenvalue weighted by molar-refractivity contribution is 8.00. The van der Waals surface area contributed by atoms with Gasteiger partial charge in [-0.2, -0.15) is 0 Å². The van der Waals surface area contributed by atoms with E-state index in [2.05, 4.69) is 0 Å². The number of hydrogen-bond donors (Lipinski definition) is 0. The maximum absolute atomic E-state index is 10.5. The maximum Gasteiger partial charge on any atom is 0.0462 e. The smallest absolute Gasteiger partial charge is 0.0462 e. The average molecular weight is 203 g/mol. The molecule has 0 amide bonds. The molecule has 1 heterocycles. The fraction of sp³-hybridized carbons (Fsp3) is 0.714. The Morgan fingerprint density at radius 2 is 2.33 bits per heavy atom. The van der Waals surface area contributed by atoms with Gasteiger partial charge in [0.05, 0.1) is 0 Å². The number of likely N-dealkylation sites (tertiary alicyclic amines) is 1. The molecule has 1 aliphatic heterocycles. The Bertz CT molecular complexity index is 188. The Labute approximate surface area is 82.2 Å². The predicted octanol–water partition coefficient (Wildman–Crippen LogP) is -0.720. The first-order valence-corrected chi connectivity index (χ1v) is 4.59. The van der Waals surface area contributed by atoms with E-state index in [1.54, 1.807) is 4.90 Å². The number of piperidine rings is 1. The van der Waals surface area contributed by atoms with Gasteiger partial charge < -0.3 is 39.6 Å². The Morgan fingerprint density at radius 1 is 1.67 bits per heavy atom. The van der Waals surface area contributed by atoms with Crippen molar-refractivity contribution in [3.8, 4) is 0 Å². The molecule has 12 heavy (non-hydrogen) atoms. The first-order chi connectivity index (χ1) is 5.61. The summed E-state index contributed by atoms with van der Waals surface area (Å²) in [4.78, 5) is 12.3. The molecular formula is C7H9NO2S2-2. The van der Waals surface area contributed by atoms with Gasteiger partial charge in [-0.05, 0) is 12.8 Å². The van der Waals surface area contributed by atoms with Crippen LogP contribution in [-0.2, 0) is 17.4 Å². The summed E-state index contributed by atoms with van der Waals surface area (Å²) in [7, 11) is 0. The van der Waals surface area contributed by atoms with Crippen molar-refractivity contribution in [3.63, 3.8) is 0 Å². The van der Waals surface area contributed by atoms with Crippen LogP contribution in [0, 0.1) is 5.92 Å². The number of aliphatic carboxylic acids is 1. The molecule has 0 radical (unpaired) electrons. The van der Waals surface area contributed by atoms with Crippen molar-refractivity contribution in [2.75, 3.05) is 13.1 Å². The zero-order valence-electron chi connectivity index (χ0n) is 6.49. The minimum atomic E-state index is -0.994. The van der Waals surface area contributed by atoms with Gasteiger partial charge in [0.1, 0.15) is 0 Å². The molecule has 0 bridgehead atoms. The summed E-state index contributed by atoms with van der Waals surface area (Å²) in [5.74, 6) is -1.40. The SMILES string of the molecule is O=C([O-])[C@@H]1CCCN(C(=S)[S-])C1. The highest BCUT2D eigenvalue weighted by atomic mass is 32.1. The van der Waals surface area contributed by atoms with Gasteiger partial charge in [0.25, 0.3) is 0 Å². The molecule has 3 nitrogen and oxygen atoms in total. The summed E-state index contributed by atoms with van der Waals surface area (Å²) in [5, 5.41) is 10.5. The molecule has 5 heteroatoms. The van der Waals surface area contributed by atoms with Crippen molar-refractivity contribution in [2.24, 2.45) is 5.92 Å². The molecule has 0 saturated carbocycles. The molecular weight excluding hydrogens is 194 g/mol. The molecule has 1 atom stereocenters. The van der Waals surface area contributed by atoms with Crippen LogP contribution in [0.2, 0.25) is 0 Å². The molecule has 1 rings (SSSR count). The summed E-state index contributed by atoms with van der Waals surface area (Å²) in [6.45, 7) is 1.21. The van der Waals surface area contributed by atoms with Crippen molar-refractivity contribution >= 4 is 35.1 Å². The lowest BCUT2D eigenvalue weighted by Crippen LogP contribution is -2.45. The first kappa shape index (κ1) is 9.67. The number of hydrogen-bond acceptors (Lipinski definition) is 4. The van der Waals surface area contributed by atoms with Crippen LogP contribution >= 0.6 is 12.2 Å². The molecule has 0 aromatic heterocycles. The van der Waals surface area contributed by atoms with Crippen LogP contribution in [0.25, 0.3) is 0 Å². The van der Waals surface area contributed by atoms with E-state index < -0.39 is 11.9 Å². The summed E-state index contributed by atoms with van der Waals surface area (Å²) in [6.07, 6.45) is 1.51. The van der Waals surface area contributed by atoms with Gasteiger partial charge in [-0.15, -0.1) is 0 Å². The second-order valence-electron chi connectivity index (χ2n) is 2.87. The summed E-state index contributed by atoms with van der Waals surface area (Å²) in [6, 6.07) is 0. The third-order valence-electron chi connectivity index (χ3n) is 2.01. The van der Waals surface area contributed by atoms with E-state index in [1.807, 2.05) is 0 Å². The fourth-order valence-corrected chi connectivity index (χ4v) is 1.67. The van der Waals surface area contributed by atoms with E-state index >= 15 is 0 Å². The van der Waals surface area contributed by atoms with Gasteiger partial charge in [0.2, 0.25) is 0 Å². The molecule has 1 fully saturated rings. The Balaban J connectivity index is 2.51. The van der Waals surface area contributed by atoms with Crippen LogP contribution in [0.4, 0.5) is 0 Å². The number of carbonyl (C=O) groups is 1. The van der Waals surface area contributed by atoms with E-state index in [1.165, 1.54) is 0 Å². The molecule has 1 aliphatic rings. The Kier molecular flexibility index (Phi) is 3.22. The molecule has 0 aromatic carbocycles. The van der Waals surface area contributed by atoms with E-state index in [-0.39, 0.29) is 0 Å². The van der Waals surface area contributed by atoms with Crippen LogP contribution in [0.5, 0.6) is 0 Å². The standard InChI is InChI=1S/C7H11NO2S2/c9-6(10)5-2-1-3-8(4-5)7(11)12/h5H,1-4H2,(H,9,10)(H,11,12)/p-2/t5-/m1/s1. The number of thiocarbonyl (C=S) groups is 1. The van der Waals surface area contributed by atoms with Gasteiger partial charge in [0.15, 0.2) is 0 Å². The fourth-order valence-electron chi connectivity index (χ4n) is 1.34. The molecule has 68 valence electrons. The second kappa shape index (κ2) is 4.00. The summed E-state index contributed by atoms with van der Waals surface area (Å²) >= 11 is 9.56. The van der Waals surface area contributed by atoms with Crippen molar-refractivity contribution in [2.45, 2.75) is 12.8 Å². The monoisotopic (exact) mass is 203 g/mol. The highest BCUT2D eigenvalue weighted by Crippen LogP contribution is 2.15. The molecule has 0 spiro atoms. The minimum Gasteiger partial charge on any atom is -0.550 e. The summed E-state index contributed by atoms with van der Waals surface area (Å²) < 4.78 is 0.362. The van der Waals surface area contributed by atoms with Crippen molar-refractivity contribution in [1.29, 1.82) is 0 Å². The molecule has 1 saturated heterocycles. The number of carboxylic acids is 1. The third-order valence-corrected chi connectivity index (χ3v) is 2.53. The minimum absolute atomic E-state index is 0.362. The normalized spacial score (nSPS) is 23.7. The molecule has 0 unspecified atom stereocenters. The van der Waals surface area contributed by atoms with Gasteiger partial charge in [0, 0.05) is 25.0 Å². The van der Waals surface area contributed by atoms with Gasteiger partial charge in [-0.3, -0.25) is 0 Å². The zero-order valence-corrected chi connectivity index (χ0v) is 8.12. The topological polar surface area (TPSA) is 43.4 Å². The number of rotatable bonds is 1. The van der Waals surface area contributed by atoms with Crippen LogP contribution in [0.1, 0.15) is 12.8 Å². The van der Waals surface area contributed by atoms with Crippen LogP contribution in [0.15, 0.2) is 0 Å². The van der Waals surface area contributed by atoms with Crippen LogP contribution in [0.3, 0.4) is 0 Å². The van der Waals surface area contributed by atoms with E-state index in [4.69, 9.17) is 24.8 Å². The zero-order chi connectivity index (χ0) is 9.14. The van der Waals surface area contributed by atoms with Crippen LogP contribution < -0.4 is 5.11 Å². The Hall–Kier alpha value is -0.420. The average Bonchev–Trinajstić information content (AvgIpc) is 2.04. The van der Waals surface area contributed by atoms with E-state index in [0.29, 0.717) is 17.3 Å². The number of nitrogens with zero attached hydrogens (tertiary/aromatic N) is 1. The molecule has 0 N–H and O–H groups in total. The lowest BCUT2D eigenvalue weighted by Gasteiger charge is -2.37. The van der Waals surface area contributed by atoms with Crippen molar-refractivity contribution < 1.29 is 9.90 Å².